The molecule has 1 saturated heterocycles. The molecule has 2 heterocycles. The van der Waals surface area contributed by atoms with Crippen LogP contribution >= 0.6 is 23.2 Å². The fraction of sp³-hybridized carbons (Fsp3) is 0.591. The summed E-state index contributed by atoms with van der Waals surface area (Å²) in [5.74, 6) is -0.990. The highest BCUT2D eigenvalue weighted by Gasteiger charge is 2.45. The molecule has 0 N–H and O–H groups in total. The number of ether oxygens (including phenoxy) is 3. The summed E-state index contributed by atoms with van der Waals surface area (Å²) < 4.78 is 20.3. The van der Waals surface area contributed by atoms with Crippen LogP contribution in [0.2, 0.25) is 10.0 Å². The van der Waals surface area contributed by atoms with E-state index >= 15 is 0 Å². The lowest BCUT2D eigenvalue weighted by molar-refractivity contribution is -0.191. The second-order valence-electron chi connectivity index (χ2n) is 7.51. The number of nitrogens with zero attached hydrogens (tertiary/aromatic N) is 2. The Balaban J connectivity index is 1.56. The van der Waals surface area contributed by atoms with Crippen LogP contribution in [0.4, 0.5) is 0 Å². The molecule has 2 unspecified atom stereocenters. The van der Waals surface area contributed by atoms with Crippen molar-refractivity contribution in [3.05, 3.63) is 52.5 Å². The molecule has 0 amide bonds. The van der Waals surface area contributed by atoms with Crippen LogP contribution in [0.5, 0.6) is 0 Å². The Hall–Kier alpha value is -1.11. The second-order valence-corrected chi connectivity index (χ2v) is 8.35. The number of aromatic nitrogens is 2. The van der Waals surface area contributed by atoms with E-state index in [4.69, 9.17) is 37.4 Å². The Bertz CT molecular complexity index is 742. The zero-order valence-corrected chi connectivity index (χ0v) is 18.5. The molecule has 3 rings (SSSR count). The Morgan fingerprint density at radius 3 is 2.79 bits per heavy atom. The normalized spacial score (nSPS) is 21.7. The lowest BCUT2D eigenvalue weighted by atomic mass is 10.1. The monoisotopic (exact) mass is 440 g/mol. The van der Waals surface area contributed by atoms with E-state index in [1.165, 1.54) is 32.1 Å². The van der Waals surface area contributed by atoms with E-state index in [9.17, 15) is 0 Å². The maximum Gasteiger partial charge on any atom is 0.215 e. The molecule has 29 heavy (non-hydrogen) atoms. The summed E-state index contributed by atoms with van der Waals surface area (Å²) in [6, 6.07) is 5.37. The molecule has 2 aromatic rings. The molecule has 1 aromatic heterocycles. The molecule has 0 spiro atoms. The van der Waals surface area contributed by atoms with Crippen LogP contribution in [0.3, 0.4) is 0 Å². The molecule has 1 aromatic carbocycles. The van der Waals surface area contributed by atoms with Gasteiger partial charge in [0.25, 0.3) is 0 Å². The summed E-state index contributed by atoms with van der Waals surface area (Å²) in [5, 5.41) is 1.10. The van der Waals surface area contributed by atoms with Crippen molar-refractivity contribution >= 4 is 23.2 Å². The summed E-state index contributed by atoms with van der Waals surface area (Å²) in [5.41, 5.74) is 0.760. The van der Waals surface area contributed by atoms with E-state index in [2.05, 4.69) is 11.9 Å². The fourth-order valence-corrected chi connectivity index (χ4v) is 4.13. The van der Waals surface area contributed by atoms with Gasteiger partial charge in [-0.05, 0) is 18.6 Å². The van der Waals surface area contributed by atoms with Crippen molar-refractivity contribution in [1.82, 2.24) is 9.55 Å². The van der Waals surface area contributed by atoms with Crippen LogP contribution in [-0.4, -0.2) is 35.5 Å². The van der Waals surface area contributed by atoms with Crippen LogP contribution in [-0.2, 0) is 26.5 Å². The van der Waals surface area contributed by atoms with Gasteiger partial charge in [0.15, 0.2) is 0 Å². The molecule has 7 heteroatoms. The zero-order valence-electron chi connectivity index (χ0n) is 17.0. The first-order chi connectivity index (χ1) is 14.1. The molecule has 2 atom stereocenters. The Labute approximate surface area is 183 Å². The van der Waals surface area contributed by atoms with Crippen molar-refractivity contribution in [1.29, 1.82) is 0 Å². The first-order valence-corrected chi connectivity index (χ1v) is 11.2. The topological polar surface area (TPSA) is 45.5 Å². The van der Waals surface area contributed by atoms with E-state index in [1.807, 2.05) is 16.8 Å². The van der Waals surface area contributed by atoms with Crippen molar-refractivity contribution in [2.45, 2.75) is 63.9 Å². The maximum absolute atomic E-state index is 6.48. The van der Waals surface area contributed by atoms with Crippen molar-refractivity contribution in [3.8, 4) is 0 Å². The second kappa shape index (κ2) is 11.3. The van der Waals surface area contributed by atoms with Crippen molar-refractivity contribution in [2.24, 2.45) is 0 Å². The number of rotatable bonds is 12. The minimum Gasteiger partial charge on any atom is -0.379 e. The lowest BCUT2D eigenvalue weighted by Gasteiger charge is -2.30. The van der Waals surface area contributed by atoms with Gasteiger partial charge in [-0.2, -0.15) is 0 Å². The Morgan fingerprint density at radius 1 is 1.21 bits per heavy atom. The Morgan fingerprint density at radius 2 is 2.03 bits per heavy atom. The third-order valence-corrected chi connectivity index (χ3v) is 5.64. The molecule has 160 valence electrons. The zero-order chi connectivity index (χ0) is 20.5. The average molecular weight is 441 g/mol. The molecular weight excluding hydrogens is 411 g/mol. The van der Waals surface area contributed by atoms with E-state index in [0.717, 1.165) is 18.6 Å². The largest absolute Gasteiger partial charge is 0.379 e. The summed E-state index contributed by atoms with van der Waals surface area (Å²) in [6.07, 6.45) is 12.7. The first-order valence-electron chi connectivity index (χ1n) is 10.4. The van der Waals surface area contributed by atoms with Gasteiger partial charge in [0.2, 0.25) is 5.79 Å². The predicted octanol–water partition coefficient (Wildman–Crippen LogP) is 5.84. The predicted molar refractivity (Wildman–Crippen MR) is 115 cm³/mol. The number of hydrogen-bond acceptors (Lipinski definition) is 4. The van der Waals surface area contributed by atoms with Gasteiger partial charge in [0.1, 0.15) is 6.10 Å². The van der Waals surface area contributed by atoms with E-state index < -0.39 is 5.79 Å². The maximum atomic E-state index is 6.48. The summed E-state index contributed by atoms with van der Waals surface area (Å²) in [6.45, 7) is 4.39. The van der Waals surface area contributed by atoms with Crippen molar-refractivity contribution in [2.75, 3.05) is 19.8 Å². The average Bonchev–Trinajstić information content (AvgIpc) is 3.35. The third kappa shape index (κ3) is 6.43. The van der Waals surface area contributed by atoms with E-state index in [1.54, 1.807) is 24.7 Å². The minimum absolute atomic E-state index is 0.148. The van der Waals surface area contributed by atoms with Crippen LogP contribution in [0, 0.1) is 0 Å². The molecule has 1 aliphatic heterocycles. The number of imidazole rings is 1. The van der Waals surface area contributed by atoms with Gasteiger partial charge in [-0.15, -0.1) is 0 Å². The highest BCUT2D eigenvalue weighted by molar-refractivity contribution is 6.35. The molecule has 5 nitrogen and oxygen atoms in total. The van der Waals surface area contributed by atoms with Gasteiger partial charge in [0.05, 0.1) is 31.1 Å². The minimum atomic E-state index is -0.990. The van der Waals surface area contributed by atoms with Crippen LogP contribution < -0.4 is 0 Å². The van der Waals surface area contributed by atoms with Gasteiger partial charge in [0, 0.05) is 29.6 Å². The van der Waals surface area contributed by atoms with Crippen molar-refractivity contribution < 1.29 is 14.2 Å². The van der Waals surface area contributed by atoms with Crippen LogP contribution in [0.1, 0.15) is 51.0 Å². The smallest absolute Gasteiger partial charge is 0.215 e. The summed E-state index contributed by atoms with van der Waals surface area (Å²) in [4.78, 5) is 4.11. The molecule has 1 aliphatic rings. The molecule has 0 radical (unpaired) electrons. The fourth-order valence-electron chi connectivity index (χ4n) is 3.57. The number of benzene rings is 1. The molecule has 0 aliphatic carbocycles. The molecule has 0 saturated carbocycles. The third-order valence-electron chi connectivity index (χ3n) is 5.10. The van der Waals surface area contributed by atoms with Crippen LogP contribution in [0.15, 0.2) is 36.9 Å². The Kier molecular flexibility index (Phi) is 8.82. The summed E-state index contributed by atoms with van der Waals surface area (Å²) >= 11 is 12.6. The van der Waals surface area contributed by atoms with Gasteiger partial charge in [-0.25, -0.2) is 4.98 Å². The molecule has 1 fully saturated rings. The quantitative estimate of drug-likeness (QED) is 0.389. The van der Waals surface area contributed by atoms with Gasteiger partial charge >= 0.3 is 0 Å². The molecule has 0 bridgehead atoms. The van der Waals surface area contributed by atoms with Crippen molar-refractivity contribution in [3.63, 3.8) is 0 Å². The van der Waals surface area contributed by atoms with Gasteiger partial charge in [-0.3, -0.25) is 0 Å². The molecular formula is C22H30Cl2N2O3. The highest BCUT2D eigenvalue weighted by Crippen LogP contribution is 2.40. The van der Waals surface area contributed by atoms with E-state index in [-0.39, 0.29) is 6.10 Å². The SMILES string of the molecule is CCCCCCCCOCC1COC(Cn2ccnc2)(c2ccc(Cl)cc2Cl)O1. The first kappa shape index (κ1) is 22.6. The standard InChI is InChI=1S/C22H30Cl2N2O3/c1-2-3-4-5-6-7-12-27-14-19-15-28-22(29-19,16-26-11-10-25-17-26)20-9-8-18(23)13-21(20)24/h8-11,13,17,19H,2-7,12,14-16H2,1H3. The van der Waals surface area contributed by atoms with Gasteiger partial charge < -0.3 is 18.8 Å². The van der Waals surface area contributed by atoms with Crippen LogP contribution in [0.25, 0.3) is 0 Å². The van der Waals surface area contributed by atoms with E-state index in [0.29, 0.717) is 29.8 Å². The number of halogens is 2. The number of hydrogen-bond donors (Lipinski definition) is 0. The highest BCUT2D eigenvalue weighted by atomic mass is 35.5. The summed E-state index contributed by atoms with van der Waals surface area (Å²) in [7, 11) is 0. The lowest BCUT2D eigenvalue weighted by Crippen LogP contribution is -2.34. The van der Waals surface area contributed by atoms with Gasteiger partial charge in [-0.1, -0.05) is 68.3 Å². The number of unbranched alkanes of at least 4 members (excludes halogenated alkanes) is 5.